The number of aryl methyl sites for hydroxylation is 1. The van der Waals surface area contributed by atoms with Crippen molar-refractivity contribution in [2.45, 2.75) is 58.9 Å². The first-order valence-electron chi connectivity index (χ1n) is 8.78. The third-order valence-corrected chi connectivity index (χ3v) is 4.87. The van der Waals surface area contributed by atoms with Gasteiger partial charge in [0.25, 0.3) is 0 Å². The van der Waals surface area contributed by atoms with Crippen LogP contribution in [0.5, 0.6) is 5.75 Å². The maximum Gasteiger partial charge on any atom is 0.310 e. The molecule has 4 nitrogen and oxygen atoms in total. The van der Waals surface area contributed by atoms with Gasteiger partial charge in [0.15, 0.2) is 0 Å². The molecule has 0 aromatic heterocycles. The van der Waals surface area contributed by atoms with Crippen molar-refractivity contribution in [2.24, 2.45) is 5.41 Å². The van der Waals surface area contributed by atoms with E-state index in [2.05, 4.69) is 30.4 Å². The normalized spacial score (nSPS) is 21.6. The first-order valence-corrected chi connectivity index (χ1v) is 8.78. The van der Waals surface area contributed by atoms with Crippen LogP contribution < -0.4 is 10.1 Å². The van der Waals surface area contributed by atoms with E-state index >= 15 is 0 Å². The van der Waals surface area contributed by atoms with E-state index in [1.165, 1.54) is 11.1 Å². The highest BCUT2D eigenvalue weighted by Gasteiger charge is 2.41. The number of ether oxygens (including phenoxy) is 1. The topological polar surface area (TPSA) is 58.6 Å². The van der Waals surface area contributed by atoms with Gasteiger partial charge < -0.3 is 15.2 Å². The van der Waals surface area contributed by atoms with E-state index in [1.807, 2.05) is 13.8 Å². The molecule has 4 heteroatoms. The van der Waals surface area contributed by atoms with Crippen LogP contribution >= 0.6 is 0 Å². The lowest BCUT2D eigenvalue weighted by molar-refractivity contribution is -0.148. The predicted molar refractivity (Wildman–Crippen MR) is 92.1 cm³/mol. The molecular formula is C19H29NO3. The van der Waals surface area contributed by atoms with Crippen LogP contribution in [0.4, 0.5) is 0 Å². The Bertz CT molecular complexity index is 535. The fourth-order valence-electron chi connectivity index (χ4n) is 3.47. The van der Waals surface area contributed by atoms with Gasteiger partial charge >= 0.3 is 5.97 Å². The molecule has 1 aliphatic carbocycles. The highest BCUT2D eigenvalue weighted by molar-refractivity contribution is 5.75. The quantitative estimate of drug-likeness (QED) is 0.891. The minimum absolute atomic E-state index is 0.206. The number of aliphatic carboxylic acids is 1. The first-order chi connectivity index (χ1) is 11.1. The zero-order valence-electron chi connectivity index (χ0n) is 14.5. The molecule has 128 valence electrons. The zero-order valence-corrected chi connectivity index (χ0v) is 14.5. The third-order valence-electron chi connectivity index (χ3n) is 4.87. The van der Waals surface area contributed by atoms with Crippen LogP contribution in [0, 0.1) is 12.3 Å². The molecule has 1 heterocycles. The summed E-state index contributed by atoms with van der Waals surface area (Å²) < 4.78 is 5.82. The van der Waals surface area contributed by atoms with Crippen molar-refractivity contribution < 1.29 is 14.6 Å². The van der Waals surface area contributed by atoms with Gasteiger partial charge in [0.2, 0.25) is 0 Å². The Morgan fingerprint density at radius 2 is 2.04 bits per heavy atom. The Hall–Kier alpha value is -1.55. The molecule has 1 aromatic carbocycles. The summed E-state index contributed by atoms with van der Waals surface area (Å²) in [6.07, 6.45) is 4.54. The van der Waals surface area contributed by atoms with E-state index in [9.17, 15) is 9.90 Å². The lowest BCUT2D eigenvalue weighted by Crippen LogP contribution is -2.47. The van der Waals surface area contributed by atoms with E-state index in [-0.39, 0.29) is 6.04 Å². The van der Waals surface area contributed by atoms with E-state index in [4.69, 9.17) is 4.74 Å². The number of rotatable bonds is 4. The van der Waals surface area contributed by atoms with E-state index in [0.717, 1.165) is 37.9 Å². The summed E-state index contributed by atoms with van der Waals surface area (Å²) in [6, 6.07) is 6.49. The van der Waals surface area contributed by atoms with Gasteiger partial charge in [0.1, 0.15) is 12.4 Å². The number of benzene rings is 1. The van der Waals surface area contributed by atoms with Crippen LogP contribution in [-0.2, 0) is 11.2 Å². The number of hydrogen-bond donors (Lipinski definition) is 2. The van der Waals surface area contributed by atoms with Crippen molar-refractivity contribution in [3.05, 3.63) is 29.3 Å². The summed E-state index contributed by atoms with van der Waals surface area (Å²) in [5.74, 6) is 0.321. The van der Waals surface area contributed by atoms with Gasteiger partial charge in [0.05, 0.1) is 5.41 Å². The largest absolute Gasteiger partial charge is 0.492 e. The standard InChI is InChI=1S/C17H23NO3.C2H6/c1-12-4-5-13-9-14(10-21-15(13)8-12)18-11-17(16(19)20)6-2-3-7-17;1-2/h4-5,8,14,18H,2-3,6-7,9-11H2,1H3,(H,19,20);1-2H3. The van der Waals surface area contributed by atoms with Crippen LogP contribution in [-0.4, -0.2) is 30.3 Å². The van der Waals surface area contributed by atoms with Gasteiger partial charge in [-0.1, -0.05) is 38.8 Å². The third kappa shape index (κ3) is 4.05. The Labute approximate surface area is 139 Å². The van der Waals surface area contributed by atoms with Crippen molar-refractivity contribution in [2.75, 3.05) is 13.2 Å². The molecule has 1 atom stereocenters. The lowest BCUT2D eigenvalue weighted by atomic mass is 9.86. The van der Waals surface area contributed by atoms with E-state index in [0.29, 0.717) is 13.2 Å². The fourth-order valence-corrected chi connectivity index (χ4v) is 3.47. The van der Waals surface area contributed by atoms with Crippen LogP contribution in [0.3, 0.4) is 0 Å². The van der Waals surface area contributed by atoms with Crippen molar-refractivity contribution in [1.29, 1.82) is 0 Å². The molecule has 1 saturated carbocycles. The predicted octanol–water partition coefficient (Wildman–Crippen LogP) is 3.56. The van der Waals surface area contributed by atoms with Crippen molar-refractivity contribution in [1.82, 2.24) is 5.32 Å². The number of nitrogens with one attached hydrogen (secondary N) is 1. The van der Waals surface area contributed by atoms with Crippen LogP contribution in [0.1, 0.15) is 50.7 Å². The van der Waals surface area contributed by atoms with E-state index < -0.39 is 11.4 Å². The Morgan fingerprint density at radius 3 is 2.70 bits per heavy atom. The van der Waals surface area contributed by atoms with Crippen molar-refractivity contribution in [3.63, 3.8) is 0 Å². The van der Waals surface area contributed by atoms with Gasteiger partial charge in [0, 0.05) is 12.6 Å². The SMILES string of the molecule is CC.Cc1ccc2c(c1)OCC(NCC1(C(=O)O)CCCC1)C2. The van der Waals surface area contributed by atoms with Gasteiger partial charge in [-0.25, -0.2) is 0 Å². The fraction of sp³-hybridized carbons (Fsp3) is 0.632. The molecule has 3 rings (SSSR count). The average Bonchev–Trinajstić information content (AvgIpc) is 3.05. The number of carbonyl (C=O) groups is 1. The number of carboxylic acids is 1. The highest BCUT2D eigenvalue weighted by atomic mass is 16.5. The summed E-state index contributed by atoms with van der Waals surface area (Å²) in [5, 5.41) is 12.9. The molecule has 1 fully saturated rings. The summed E-state index contributed by atoms with van der Waals surface area (Å²) in [6.45, 7) is 7.23. The van der Waals surface area contributed by atoms with Gasteiger partial charge in [-0.3, -0.25) is 4.79 Å². The minimum Gasteiger partial charge on any atom is -0.492 e. The lowest BCUT2D eigenvalue weighted by Gasteiger charge is -2.30. The maximum atomic E-state index is 11.6. The Morgan fingerprint density at radius 1 is 1.35 bits per heavy atom. The average molecular weight is 319 g/mol. The molecule has 1 unspecified atom stereocenters. The molecule has 0 saturated heterocycles. The van der Waals surface area contributed by atoms with Crippen LogP contribution in [0.25, 0.3) is 0 Å². The molecule has 0 spiro atoms. The zero-order chi connectivity index (χ0) is 16.9. The van der Waals surface area contributed by atoms with Gasteiger partial charge in [-0.05, 0) is 43.4 Å². The summed E-state index contributed by atoms with van der Waals surface area (Å²) in [4.78, 5) is 11.6. The summed E-state index contributed by atoms with van der Waals surface area (Å²) in [7, 11) is 0. The Kier molecular flexibility index (Phi) is 6.05. The first kappa shape index (κ1) is 17.8. The molecule has 1 aliphatic heterocycles. The molecular weight excluding hydrogens is 290 g/mol. The molecule has 1 aromatic rings. The summed E-state index contributed by atoms with van der Waals surface area (Å²) >= 11 is 0. The minimum atomic E-state index is -0.653. The van der Waals surface area contributed by atoms with E-state index in [1.54, 1.807) is 0 Å². The highest BCUT2D eigenvalue weighted by Crippen LogP contribution is 2.38. The number of fused-ring (bicyclic) bond motifs is 1. The van der Waals surface area contributed by atoms with Gasteiger partial charge in [-0.15, -0.1) is 0 Å². The molecule has 2 aliphatic rings. The molecule has 23 heavy (non-hydrogen) atoms. The van der Waals surface area contributed by atoms with Gasteiger partial charge in [-0.2, -0.15) is 0 Å². The number of carboxylic acid groups (broad SMARTS) is 1. The second-order valence-electron chi connectivity index (χ2n) is 6.50. The second kappa shape index (κ2) is 7.82. The van der Waals surface area contributed by atoms with Crippen LogP contribution in [0.2, 0.25) is 0 Å². The number of hydrogen-bond acceptors (Lipinski definition) is 3. The smallest absolute Gasteiger partial charge is 0.310 e. The van der Waals surface area contributed by atoms with Crippen LogP contribution in [0.15, 0.2) is 18.2 Å². The Balaban J connectivity index is 0.000000924. The maximum absolute atomic E-state index is 11.6. The van der Waals surface area contributed by atoms with Crippen molar-refractivity contribution >= 4 is 5.97 Å². The molecule has 2 N–H and O–H groups in total. The molecule has 0 radical (unpaired) electrons. The van der Waals surface area contributed by atoms with Crippen molar-refractivity contribution in [3.8, 4) is 5.75 Å². The molecule has 0 bridgehead atoms. The summed E-state index contributed by atoms with van der Waals surface area (Å²) in [5.41, 5.74) is 1.85. The second-order valence-corrected chi connectivity index (χ2v) is 6.50. The monoisotopic (exact) mass is 319 g/mol. The molecule has 0 amide bonds.